The average Bonchev–Trinajstić information content (AvgIpc) is 2.49. The Morgan fingerprint density at radius 3 is 1.82 bits per heavy atom. The number of hydrogen-bond donors (Lipinski definition) is 0. The summed E-state index contributed by atoms with van der Waals surface area (Å²) in [4.78, 5) is 13.7. The Labute approximate surface area is 153 Å². The summed E-state index contributed by atoms with van der Waals surface area (Å²) in [5.41, 5.74) is -10.8. The van der Waals surface area contributed by atoms with E-state index in [-0.39, 0.29) is 6.07 Å². The van der Waals surface area contributed by atoms with Crippen LogP contribution in [0.1, 0.15) is 11.1 Å². The van der Waals surface area contributed by atoms with Gasteiger partial charge in [0.15, 0.2) is 0 Å². The van der Waals surface area contributed by atoms with Crippen molar-refractivity contribution in [2.24, 2.45) is 0 Å². The Hall–Kier alpha value is -2.49. The summed E-state index contributed by atoms with van der Waals surface area (Å²) in [6, 6.07) is 0.184. The molecule has 0 unspecified atom stereocenters. The molecule has 0 amide bonds. The van der Waals surface area contributed by atoms with Crippen molar-refractivity contribution in [3.05, 3.63) is 45.8 Å². The van der Waals surface area contributed by atoms with Crippen LogP contribution in [0.3, 0.4) is 0 Å². The van der Waals surface area contributed by atoms with Crippen molar-refractivity contribution in [2.75, 3.05) is 0 Å². The lowest BCUT2D eigenvalue weighted by molar-refractivity contribution is -0.323. The molecule has 0 fully saturated rings. The van der Waals surface area contributed by atoms with Crippen LogP contribution in [0, 0.1) is 6.57 Å². The summed E-state index contributed by atoms with van der Waals surface area (Å²) in [7, 11) is 0. The van der Waals surface area contributed by atoms with Gasteiger partial charge in [-0.3, -0.25) is 4.79 Å². The predicted octanol–water partition coefficient (Wildman–Crippen LogP) is 5.01. The van der Waals surface area contributed by atoms with E-state index >= 15 is 0 Å². The topological polar surface area (TPSA) is 44.5 Å². The van der Waals surface area contributed by atoms with Crippen molar-refractivity contribution >= 4 is 28.8 Å². The summed E-state index contributed by atoms with van der Waals surface area (Å²) >= 11 is 5.36. The third kappa shape index (κ3) is 4.16. The minimum absolute atomic E-state index is 0.119. The van der Waals surface area contributed by atoms with Crippen molar-refractivity contribution in [1.29, 1.82) is 0 Å². The summed E-state index contributed by atoms with van der Waals surface area (Å²) in [6.07, 6.45) is -19.9. The molecule has 0 atom stereocenters. The maximum Gasteiger partial charge on any atom is 0.439 e. The number of ketones is 1. The number of benzene rings is 1. The first-order valence-electron chi connectivity index (χ1n) is 6.42. The van der Waals surface area contributed by atoms with Crippen molar-refractivity contribution < 1.29 is 53.8 Å². The molecular weight excluding hydrogens is 440 g/mol. The third-order valence-corrected chi connectivity index (χ3v) is 3.44. The number of allylic oxidation sites excluding steroid dienone is 1. The zero-order valence-electron chi connectivity index (χ0n) is 12.7. The maximum absolute atomic E-state index is 13.5. The molecule has 28 heavy (non-hydrogen) atoms. The van der Waals surface area contributed by atoms with Gasteiger partial charge in [-0.15, -0.1) is 0 Å². The number of nitrogens with zero attached hydrogens (tertiary/aromatic N) is 1. The van der Waals surface area contributed by atoms with E-state index in [1.165, 1.54) is 0 Å². The number of rotatable bonds is 3. The van der Waals surface area contributed by atoms with E-state index in [2.05, 4.69) is 4.85 Å². The fourth-order valence-corrected chi connectivity index (χ4v) is 2.07. The molecule has 3 nitrogen and oxygen atoms in total. The number of hydrogen-bond acceptors (Lipinski definition) is 2. The average molecular weight is 443 g/mol. The maximum atomic E-state index is 13.5. The number of halogens is 11. The SMILES string of the molecule is [C-]#[N+]c1c(Cl)cc(/C([O-])=C/C(=O)C(F)(C(F)(F)F)C(F)(F)F)cc1C(F)(F)F. The minimum Gasteiger partial charge on any atom is -0.872 e. The largest absolute Gasteiger partial charge is 0.872 e. The summed E-state index contributed by atoms with van der Waals surface area (Å²) in [6.45, 7) is 6.61. The molecule has 154 valence electrons. The van der Waals surface area contributed by atoms with Crippen molar-refractivity contribution in [2.45, 2.75) is 24.2 Å². The highest BCUT2D eigenvalue weighted by molar-refractivity contribution is 6.33. The quantitative estimate of drug-likeness (QED) is 0.286. The van der Waals surface area contributed by atoms with Gasteiger partial charge in [0.2, 0.25) is 11.5 Å². The van der Waals surface area contributed by atoms with E-state index in [0.717, 1.165) is 0 Å². The first-order valence-corrected chi connectivity index (χ1v) is 6.79. The van der Waals surface area contributed by atoms with Gasteiger partial charge in [-0.05, 0) is 17.7 Å². The fourth-order valence-electron chi connectivity index (χ4n) is 1.81. The Balaban J connectivity index is 3.60. The second kappa shape index (κ2) is 7.16. The van der Waals surface area contributed by atoms with Crippen LogP contribution in [0.15, 0.2) is 18.2 Å². The molecule has 1 aromatic rings. The van der Waals surface area contributed by atoms with Crippen LogP contribution in [-0.2, 0) is 11.0 Å². The molecular formula is C14H3ClF10NO2-. The molecule has 0 radical (unpaired) electrons. The fraction of sp³-hybridized carbons (Fsp3) is 0.286. The van der Waals surface area contributed by atoms with Crippen molar-refractivity contribution in [1.82, 2.24) is 0 Å². The van der Waals surface area contributed by atoms with Gasteiger partial charge in [0.1, 0.15) is 0 Å². The molecule has 0 aliphatic heterocycles. The summed E-state index contributed by atoms with van der Waals surface area (Å²) < 4.78 is 127. The smallest absolute Gasteiger partial charge is 0.439 e. The summed E-state index contributed by atoms with van der Waals surface area (Å²) in [5, 5.41) is 10.7. The molecule has 0 saturated heterocycles. The molecule has 0 heterocycles. The first-order chi connectivity index (χ1) is 12.4. The second-order valence-corrected chi connectivity index (χ2v) is 5.40. The highest BCUT2D eigenvalue weighted by Gasteiger charge is 2.76. The number of carbonyl (C=O) groups excluding carboxylic acids is 1. The normalized spacial score (nSPS) is 14.0. The molecule has 0 aromatic heterocycles. The number of alkyl halides is 10. The molecule has 0 N–H and O–H groups in total. The second-order valence-electron chi connectivity index (χ2n) is 4.99. The van der Waals surface area contributed by atoms with Gasteiger partial charge in [0, 0.05) is 5.02 Å². The Bertz CT molecular complexity index is 847. The molecule has 1 rings (SSSR count). The predicted molar refractivity (Wildman–Crippen MR) is 71.6 cm³/mol. The van der Waals surface area contributed by atoms with Crippen molar-refractivity contribution in [3.63, 3.8) is 0 Å². The molecule has 0 saturated carbocycles. The van der Waals surface area contributed by atoms with Crippen LogP contribution in [0.25, 0.3) is 10.6 Å². The lowest BCUT2D eigenvalue weighted by atomic mass is 9.97. The lowest BCUT2D eigenvalue weighted by Crippen LogP contribution is -2.58. The highest BCUT2D eigenvalue weighted by atomic mass is 35.5. The molecule has 0 aliphatic rings. The van der Waals surface area contributed by atoms with E-state index in [1.807, 2.05) is 0 Å². The molecule has 0 bridgehead atoms. The van der Waals surface area contributed by atoms with E-state index in [4.69, 9.17) is 18.2 Å². The van der Waals surface area contributed by atoms with Gasteiger partial charge >= 0.3 is 24.2 Å². The van der Waals surface area contributed by atoms with Crippen LogP contribution < -0.4 is 5.11 Å². The first kappa shape index (κ1) is 23.5. The van der Waals surface area contributed by atoms with E-state index < -0.39 is 63.7 Å². The lowest BCUT2D eigenvalue weighted by Gasteiger charge is -2.28. The van der Waals surface area contributed by atoms with Gasteiger partial charge in [-0.2, -0.15) is 39.5 Å². The number of carbonyl (C=O) groups is 1. The van der Waals surface area contributed by atoms with Gasteiger partial charge in [0.25, 0.3) is 0 Å². The van der Waals surface area contributed by atoms with Crippen LogP contribution in [0.4, 0.5) is 49.6 Å². The molecule has 0 spiro atoms. The van der Waals surface area contributed by atoms with Gasteiger partial charge in [0.05, 0.1) is 12.1 Å². The van der Waals surface area contributed by atoms with Crippen LogP contribution >= 0.6 is 11.6 Å². The van der Waals surface area contributed by atoms with Crippen molar-refractivity contribution in [3.8, 4) is 0 Å². The summed E-state index contributed by atoms with van der Waals surface area (Å²) in [5.74, 6) is -5.51. The van der Waals surface area contributed by atoms with E-state index in [1.54, 1.807) is 0 Å². The Kier molecular flexibility index (Phi) is 6.02. The van der Waals surface area contributed by atoms with Crippen LogP contribution in [-0.4, -0.2) is 23.8 Å². The minimum atomic E-state index is -6.80. The Morgan fingerprint density at radius 2 is 1.46 bits per heavy atom. The molecule has 14 heteroatoms. The third-order valence-electron chi connectivity index (χ3n) is 3.15. The van der Waals surface area contributed by atoms with Crippen LogP contribution in [0.5, 0.6) is 0 Å². The van der Waals surface area contributed by atoms with E-state index in [0.29, 0.717) is 6.07 Å². The van der Waals surface area contributed by atoms with E-state index in [9.17, 15) is 53.8 Å². The van der Waals surface area contributed by atoms with Gasteiger partial charge < -0.3 is 5.11 Å². The Morgan fingerprint density at radius 1 is 1.00 bits per heavy atom. The van der Waals surface area contributed by atoms with Gasteiger partial charge in [-0.25, -0.2) is 9.24 Å². The van der Waals surface area contributed by atoms with Crippen LogP contribution in [0.2, 0.25) is 5.02 Å². The standard InChI is InChI=1S/C14H4ClF10NO2/c1-26-10-6(12(17,18)19)2-5(3-7(10)15)8(27)4-9(28)11(16,13(20,21)22)14(23,24)25/h2-4,27H/p-1/b8-4-. The zero-order chi connectivity index (χ0) is 22.3. The monoisotopic (exact) mass is 442 g/mol. The van der Waals surface area contributed by atoms with Gasteiger partial charge in [-0.1, -0.05) is 23.4 Å². The molecule has 1 aromatic carbocycles. The molecule has 0 aliphatic carbocycles. The highest BCUT2D eigenvalue weighted by Crippen LogP contribution is 2.47. The zero-order valence-corrected chi connectivity index (χ0v) is 13.4.